The standard InChI is InChI=1S/C16H27N3O3S.ClH/c1-18(2)12-13-4-6-16(7-5-13)23(20,21)19-9-8-15(22-3)10-14(19)11-17;/h4-7,14-15H,8-12,17H2,1-3H3;1H. The zero-order valence-corrected chi connectivity index (χ0v) is 16.1. The van der Waals surface area contributed by atoms with Crippen LogP contribution in [0.5, 0.6) is 0 Å². The number of piperidine rings is 1. The predicted octanol–water partition coefficient (Wildman–Crippen LogP) is 1.30. The third-order valence-electron chi connectivity index (χ3n) is 4.25. The number of nitrogens with zero attached hydrogens (tertiary/aromatic N) is 2. The van der Waals surface area contributed by atoms with E-state index in [2.05, 4.69) is 0 Å². The lowest BCUT2D eigenvalue weighted by Crippen LogP contribution is -2.51. The number of rotatable bonds is 6. The molecule has 6 nitrogen and oxygen atoms in total. The first-order chi connectivity index (χ1) is 10.9. The SMILES string of the molecule is COC1CCN(S(=O)(=O)c2ccc(CN(C)C)cc2)C(CN)C1.Cl. The molecule has 8 heteroatoms. The largest absolute Gasteiger partial charge is 0.381 e. The van der Waals surface area contributed by atoms with Crippen molar-refractivity contribution in [3.05, 3.63) is 29.8 Å². The van der Waals surface area contributed by atoms with Gasteiger partial charge in [-0.05, 0) is 44.6 Å². The molecule has 0 radical (unpaired) electrons. The van der Waals surface area contributed by atoms with Crippen LogP contribution in [0.4, 0.5) is 0 Å². The quantitative estimate of drug-likeness (QED) is 0.808. The van der Waals surface area contributed by atoms with Gasteiger partial charge >= 0.3 is 0 Å². The van der Waals surface area contributed by atoms with E-state index >= 15 is 0 Å². The summed E-state index contributed by atoms with van der Waals surface area (Å²) >= 11 is 0. The summed E-state index contributed by atoms with van der Waals surface area (Å²) in [6.45, 7) is 1.53. The fourth-order valence-corrected chi connectivity index (χ4v) is 4.67. The molecule has 1 aliphatic rings. The number of halogens is 1. The van der Waals surface area contributed by atoms with E-state index < -0.39 is 10.0 Å². The molecule has 138 valence electrons. The average molecular weight is 378 g/mol. The normalized spacial score (nSPS) is 22.4. The van der Waals surface area contributed by atoms with Crippen LogP contribution in [0.1, 0.15) is 18.4 Å². The van der Waals surface area contributed by atoms with Gasteiger partial charge < -0.3 is 15.4 Å². The van der Waals surface area contributed by atoms with Gasteiger partial charge in [0.05, 0.1) is 11.0 Å². The lowest BCUT2D eigenvalue weighted by Gasteiger charge is -2.37. The molecule has 1 aromatic rings. The van der Waals surface area contributed by atoms with Gasteiger partial charge in [0.15, 0.2) is 0 Å². The zero-order chi connectivity index (χ0) is 17.0. The molecular weight excluding hydrogens is 350 g/mol. The monoisotopic (exact) mass is 377 g/mol. The lowest BCUT2D eigenvalue weighted by molar-refractivity contribution is 0.0401. The van der Waals surface area contributed by atoms with E-state index in [-0.39, 0.29) is 24.6 Å². The minimum Gasteiger partial charge on any atom is -0.381 e. The third kappa shape index (κ3) is 4.91. The first-order valence-corrected chi connectivity index (χ1v) is 9.31. The van der Waals surface area contributed by atoms with E-state index in [9.17, 15) is 8.42 Å². The van der Waals surface area contributed by atoms with Crippen LogP contribution in [-0.2, 0) is 21.3 Å². The Balaban J connectivity index is 0.00000288. The van der Waals surface area contributed by atoms with Crippen molar-refractivity contribution < 1.29 is 13.2 Å². The van der Waals surface area contributed by atoms with Crippen LogP contribution in [0, 0.1) is 0 Å². The van der Waals surface area contributed by atoms with Gasteiger partial charge in [-0.25, -0.2) is 8.42 Å². The van der Waals surface area contributed by atoms with Crippen molar-refractivity contribution in [2.24, 2.45) is 5.73 Å². The Kier molecular flexibility index (Phi) is 8.11. The molecule has 24 heavy (non-hydrogen) atoms. The van der Waals surface area contributed by atoms with E-state index in [1.165, 1.54) is 4.31 Å². The number of sulfonamides is 1. The maximum atomic E-state index is 12.9. The Bertz CT molecular complexity index is 607. The van der Waals surface area contributed by atoms with Crippen molar-refractivity contribution >= 4 is 22.4 Å². The number of methoxy groups -OCH3 is 1. The fraction of sp³-hybridized carbons (Fsp3) is 0.625. The van der Waals surface area contributed by atoms with Gasteiger partial charge in [-0.3, -0.25) is 0 Å². The summed E-state index contributed by atoms with van der Waals surface area (Å²) in [5.41, 5.74) is 6.88. The maximum Gasteiger partial charge on any atom is 0.243 e. The highest BCUT2D eigenvalue weighted by Crippen LogP contribution is 2.26. The molecule has 1 aliphatic heterocycles. The van der Waals surface area contributed by atoms with Gasteiger partial charge in [0.1, 0.15) is 0 Å². The van der Waals surface area contributed by atoms with Crippen molar-refractivity contribution in [2.45, 2.75) is 36.4 Å². The molecule has 1 fully saturated rings. The van der Waals surface area contributed by atoms with Crippen molar-refractivity contribution in [1.82, 2.24) is 9.21 Å². The van der Waals surface area contributed by atoms with Crippen LogP contribution in [0.15, 0.2) is 29.2 Å². The van der Waals surface area contributed by atoms with E-state index in [1.807, 2.05) is 31.1 Å². The van der Waals surface area contributed by atoms with Crippen molar-refractivity contribution in [1.29, 1.82) is 0 Å². The molecule has 2 rings (SSSR count). The van der Waals surface area contributed by atoms with Crippen LogP contribution in [-0.4, -0.2) is 64.1 Å². The second-order valence-electron chi connectivity index (χ2n) is 6.27. The summed E-state index contributed by atoms with van der Waals surface area (Å²) in [5.74, 6) is 0. The summed E-state index contributed by atoms with van der Waals surface area (Å²) in [6.07, 6.45) is 1.42. The maximum absolute atomic E-state index is 12.9. The molecule has 1 saturated heterocycles. The Morgan fingerprint density at radius 1 is 1.29 bits per heavy atom. The first-order valence-electron chi connectivity index (χ1n) is 7.87. The topological polar surface area (TPSA) is 75.9 Å². The molecule has 1 heterocycles. The van der Waals surface area contributed by atoms with E-state index in [0.717, 1.165) is 12.1 Å². The predicted molar refractivity (Wildman–Crippen MR) is 97.8 cm³/mol. The number of benzene rings is 1. The molecule has 0 aliphatic carbocycles. The molecule has 2 unspecified atom stereocenters. The van der Waals surface area contributed by atoms with Crippen LogP contribution in [0.3, 0.4) is 0 Å². The highest BCUT2D eigenvalue weighted by atomic mass is 35.5. The van der Waals surface area contributed by atoms with Crippen LogP contribution < -0.4 is 5.73 Å². The Morgan fingerprint density at radius 2 is 1.92 bits per heavy atom. The van der Waals surface area contributed by atoms with Gasteiger partial charge in [-0.2, -0.15) is 4.31 Å². The zero-order valence-electron chi connectivity index (χ0n) is 14.5. The van der Waals surface area contributed by atoms with Gasteiger partial charge in [-0.15, -0.1) is 12.4 Å². The molecular formula is C16H28ClN3O3S. The summed E-state index contributed by atoms with van der Waals surface area (Å²) in [5, 5.41) is 0. The van der Waals surface area contributed by atoms with Crippen LogP contribution in [0.25, 0.3) is 0 Å². The second kappa shape index (κ2) is 9.12. The highest BCUT2D eigenvalue weighted by molar-refractivity contribution is 7.89. The minimum absolute atomic E-state index is 0. The molecule has 0 aromatic heterocycles. The second-order valence-corrected chi connectivity index (χ2v) is 8.16. The summed E-state index contributed by atoms with van der Waals surface area (Å²) in [6, 6.07) is 6.90. The van der Waals surface area contributed by atoms with E-state index in [4.69, 9.17) is 10.5 Å². The van der Waals surface area contributed by atoms with Gasteiger partial charge in [0.25, 0.3) is 0 Å². The summed E-state index contributed by atoms with van der Waals surface area (Å²) < 4.78 is 32.7. The molecule has 2 atom stereocenters. The average Bonchev–Trinajstić information content (AvgIpc) is 2.54. The fourth-order valence-electron chi connectivity index (χ4n) is 3.00. The van der Waals surface area contributed by atoms with Crippen molar-refractivity contribution in [3.63, 3.8) is 0 Å². The number of ether oxygens (including phenoxy) is 1. The lowest BCUT2D eigenvalue weighted by atomic mass is 10.0. The molecule has 0 bridgehead atoms. The molecule has 0 saturated carbocycles. The van der Waals surface area contributed by atoms with Gasteiger partial charge in [-0.1, -0.05) is 12.1 Å². The van der Waals surface area contributed by atoms with Crippen molar-refractivity contribution in [3.8, 4) is 0 Å². The van der Waals surface area contributed by atoms with Crippen molar-refractivity contribution in [2.75, 3.05) is 34.3 Å². The first kappa shape index (κ1) is 21.3. The van der Waals surface area contributed by atoms with Gasteiger partial charge in [0.2, 0.25) is 10.0 Å². The Hall–Kier alpha value is -0.700. The smallest absolute Gasteiger partial charge is 0.243 e. The number of hydrogen-bond donors (Lipinski definition) is 1. The number of nitrogens with two attached hydrogens (primary N) is 1. The van der Waals surface area contributed by atoms with Gasteiger partial charge in [0, 0.05) is 32.8 Å². The molecule has 0 amide bonds. The van der Waals surface area contributed by atoms with E-state index in [1.54, 1.807) is 19.2 Å². The Labute approximate surface area is 151 Å². The Morgan fingerprint density at radius 3 is 2.42 bits per heavy atom. The molecule has 0 spiro atoms. The third-order valence-corrected chi connectivity index (χ3v) is 6.21. The minimum atomic E-state index is -3.52. The molecule has 1 aromatic carbocycles. The molecule has 2 N–H and O–H groups in total. The summed E-state index contributed by atoms with van der Waals surface area (Å²) in [4.78, 5) is 2.37. The van der Waals surface area contributed by atoms with Crippen LogP contribution in [0.2, 0.25) is 0 Å². The highest BCUT2D eigenvalue weighted by Gasteiger charge is 2.36. The van der Waals surface area contributed by atoms with E-state index in [0.29, 0.717) is 30.8 Å². The summed E-state index contributed by atoms with van der Waals surface area (Å²) in [7, 11) is 2.11. The van der Waals surface area contributed by atoms with Crippen LogP contribution >= 0.6 is 12.4 Å². The number of hydrogen-bond acceptors (Lipinski definition) is 5.